The summed E-state index contributed by atoms with van der Waals surface area (Å²) >= 11 is 0. The van der Waals surface area contributed by atoms with Gasteiger partial charge in [0.15, 0.2) is 0 Å². The molecule has 5 atom stereocenters. The van der Waals surface area contributed by atoms with E-state index in [1.807, 2.05) is 13.8 Å². The molecular weight excluding hydrogens is 604 g/mol. The number of carbonyl (C=O) groups is 3. The highest BCUT2D eigenvalue weighted by Gasteiger charge is 2.47. The number of morpholine rings is 1. The maximum atomic E-state index is 14.8. The molecule has 1 aromatic carbocycles. The number of aliphatic hydroxyl groups excluding tert-OH is 2. The zero-order valence-electron chi connectivity index (χ0n) is 26.5. The largest absolute Gasteiger partial charge is 0.467 e. The highest BCUT2D eigenvalue weighted by Crippen LogP contribution is 2.32. The Hall–Kier alpha value is -2.62. The Morgan fingerprint density at radius 2 is 1.71 bits per heavy atom. The smallest absolute Gasteiger partial charge is 0.338 e. The molecule has 1 saturated carbocycles. The van der Waals surface area contributed by atoms with Crippen LogP contribution in [0.15, 0.2) is 30.3 Å². The number of ether oxygens (including phenoxy) is 2. The molecule has 1 aliphatic carbocycles. The van der Waals surface area contributed by atoms with Gasteiger partial charge in [0.2, 0.25) is 11.9 Å². The van der Waals surface area contributed by atoms with E-state index in [4.69, 9.17) is 15.2 Å². The minimum Gasteiger partial charge on any atom is -0.467 e. The van der Waals surface area contributed by atoms with Gasteiger partial charge in [-0.25, -0.2) is 4.79 Å². The number of benzene rings is 1. The number of carbonyl (C=O) groups excluding carboxylic acids is 3. The van der Waals surface area contributed by atoms with E-state index in [-0.39, 0.29) is 57.4 Å². The lowest BCUT2D eigenvalue weighted by molar-refractivity contribution is -0.164. The van der Waals surface area contributed by atoms with Crippen LogP contribution >= 0.6 is 0 Å². The molecular formula is C31H50N4O9S. The maximum absolute atomic E-state index is 14.8. The average molecular weight is 655 g/mol. The van der Waals surface area contributed by atoms with Gasteiger partial charge in [-0.3, -0.25) is 9.59 Å². The third-order valence-corrected chi connectivity index (χ3v) is 10.2. The van der Waals surface area contributed by atoms with Gasteiger partial charge in [-0.1, -0.05) is 76.3 Å². The number of hydrogen-bond donors (Lipinski definition) is 4. The number of esters is 1. The summed E-state index contributed by atoms with van der Waals surface area (Å²) in [5, 5.41) is 22.8. The SMILES string of the molecule is COC(=O)[C@@H](C(N)=O)N(C(=O)[C@H](Cc1ccccc1)NS(=O)(=O)N1CCOCC1)[C@@H](CC1CCCCC1)C(O)[C@@H](O)CC(C)C. The predicted molar refractivity (Wildman–Crippen MR) is 167 cm³/mol. The average Bonchev–Trinajstić information content (AvgIpc) is 3.02. The number of amides is 2. The molecule has 1 aromatic rings. The molecule has 2 fully saturated rings. The molecule has 1 aliphatic heterocycles. The Morgan fingerprint density at radius 3 is 2.27 bits per heavy atom. The number of aliphatic hydroxyl groups is 2. The first kappa shape index (κ1) is 36.8. The van der Waals surface area contributed by atoms with Crippen LogP contribution in [0.25, 0.3) is 0 Å². The molecule has 13 nitrogen and oxygen atoms in total. The van der Waals surface area contributed by atoms with Gasteiger partial charge in [0, 0.05) is 13.1 Å². The normalized spacial score (nSPS) is 20.1. The highest BCUT2D eigenvalue weighted by atomic mass is 32.2. The number of primary amides is 1. The third kappa shape index (κ3) is 10.4. The molecule has 14 heteroatoms. The molecule has 1 saturated heterocycles. The Balaban J connectivity index is 2.15. The fraction of sp³-hybridized carbons (Fsp3) is 0.710. The van der Waals surface area contributed by atoms with Crippen LogP contribution in [0, 0.1) is 11.8 Å². The summed E-state index contributed by atoms with van der Waals surface area (Å²) in [6.07, 6.45) is 1.83. The van der Waals surface area contributed by atoms with Gasteiger partial charge in [-0.2, -0.15) is 17.4 Å². The van der Waals surface area contributed by atoms with E-state index in [1.165, 1.54) is 4.31 Å². The van der Waals surface area contributed by atoms with Crippen molar-refractivity contribution in [3.05, 3.63) is 35.9 Å². The van der Waals surface area contributed by atoms with E-state index in [1.54, 1.807) is 30.3 Å². The predicted octanol–water partition coefficient (Wildman–Crippen LogP) is 0.727. The van der Waals surface area contributed by atoms with Crippen molar-refractivity contribution in [3.63, 3.8) is 0 Å². The minimum atomic E-state index is -4.25. The monoisotopic (exact) mass is 654 g/mol. The Morgan fingerprint density at radius 1 is 1.09 bits per heavy atom. The number of rotatable bonds is 16. The van der Waals surface area contributed by atoms with Crippen molar-refractivity contribution in [2.75, 3.05) is 33.4 Å². The first-order valence-electron chi connectivity index (χ1n) is 15.8. The molecule has 1 heterocycles. The molecule has 254 valence electrons. The van der Waals surface area contributed by atoms with Crippen LogP contribution in [0.1, 0.15) is 64.4 Å². The summed E-state index contributed by atoms with van der Waals surface area (Å²) in [6.45, 7) is 4.24. The van der Waals surface area contributed by atoms with Crippen LogP contribution in [0.4, 0.5) is 0 Å². The lowest BCUT2D eigenvalue weighted by atomic mass is 9.81. The number of nitrogens with two attached hydrogens (primary N) is 1. The molecule has 3 rings (SSSR count). The molecule has 5 N–H and O–H groups in total. The zero-order valence-corrected chi connectivity index (χ0v) is 27.4. The van der Waals surface area contributed by atoms with E-state index in [0.29, 0.717) is 5.56 Å². The van der Waals surface area contributed by atoms with Crippen molar-refractivity contribution in [3.8, 4) is 0 Å². The molecule has 1 unspecified atom stereocenters. The number of nitrogens with zero attached hydrogens (tertiary/aromatic N) is 2. The van der Waals surface area contributed by atoms with Crippen LogP contribution in [-0.2, 0) is 40.5 Å². The number of methoxy groups -OCH3 is 1. The number of nitrogens with one attached hydrogen (secondary N) is 1. The second kappa shape index (κ2) is 17.3. The van der Waals surface area contributed by atoms with Crippen molar-refractivity contribution in [1.82, 2.24) is 13.9 Å². The quantitative estimate of drug-likeness (QED) is 0.147. The summed E-state index contributed by atoms with van der Waals surface area (Å²) in [4.78, 5) is 41.7. The fourth-order valence-corrected chi connectivity index (χ4v) is 7.59. The van der Waals surface area contributed by atoms with Crippen LogP contribution in [-0.4, -0.2) is 109 Å². The topological polar surface area (TPSA) is 189 Å². The Kier molecular flexibility index (Phi) is 14.2. The van der Waals surface area contributed by atoms with E-state index < -0.39 is 58.3 Å². The standard InChI is InChI=1S/C31H50N4O9S/c1-21(2)18-26(36)28(37)25(20-23-12-8-5-9-13-23)35(27(29(32)38)31(40)43-3)30(39)24(19-22-10-6-4-7-11-22)33-45(41,42)34-14-16-44-17-15-34/h4,6-7,10-11,21,23-28,33,36-37H,5,8-9,12-20H2,1-3H3,(H2,32,38)/t24-,25-,26-,27+,28?/m0/s1. The molecule has 45 heavy (non-hydrogen) atoms. The zero-order chi connectivity index (χ0) is 33.1. The second-order valence-electron chi connectivity index (χ2n) is 12.4. The van der Waals surface area contributed by atoms with Crippen molar-refractivity contribution in [2.45, 2.75) is 95.5 Å². The highest BCUT2D eigenvalue weighted by molar-refractivity contribution is 7.87. The van der Waals surface area contributed by atoms with Crippen molar-refractivity contribution >= 4 is 28.0 Å². The molecule has 0 aromatic heterocycles. The Bertz CT molecular complexity index is 1200. The molecule has 2 aliphatic rings. The van der Waals surface area contributed by atoms with Crippen LogP contribution in [0.5, 0.6) is 0 Å². The van der Waals surface area contributed by atoms with Gasteiger partial charge < -0.3 is 30.3 Å². The summed E-state index contributed by atoms with van der Waals surface area (Å²) < 4.78 is 41.0. The summed E-state index contributed by atoms with van der Waals surface area (Å²) in [5.74, 6) is -3.29. The molecule has 0 bridgehead atoms. The third-order valence-electron chi connectivity index (χ3n) is 8.57. The van der Waals surface area contributed by atoms with Crippen molar-refractivity contribution in [2.24, 2.45) is 17.6 Å². The first-order valence-corrected chi connectivity index (χ1v) is 17.2. The van der Waals surface area contributed by atoms with Crippen molar-refractivity contribution < 1.29 is 42.5 Å². The van der Waals surface area contributed by atoms with E-state index in [2.05, 4.69) is 4.72 Å². The second-order valence-corrected chi connectivity index (χ2v) is 14.1. The fourth-order valence-electron chi connectivity index (χ4n) is 6.27. The van der Waals surface area contributed by atoms with E-state index in [0.717, 1.165) is 44.1 Å². The van der Waals surface area contributed by atoms with Gasteiger partial charge in [0.25, 0.3) is 16.1 Å². The lowest BCUT2D eigenvalue weighted by Gasteiger charge is -2.43. The summed E-state index contributed by atoms with van der Waals surface area (Å²) in [6, 6.07) is 3.96. The van der Waals surface area contributed by atoms with Crippen LogP contribution in [0.2, 0.25) is 0 Å². The van der Waals surface area contributed by atoms with Gasteiger partial charge in [0.05, 0.1) is 32.5 Å². The molecule has 0 radical (unpaired) electrons. The first-order chi connectivity index (χ1) is 21.4. The maximum Gasteiger partial charge on any atom is 0.338 e. The summed E-state index contributed by atoms with van der Waals surface area (Å²) in [5.41, 5.74) is 6.35. The van der Waals surface area contributed by atoms with Crippen LogP contribution < -0.4 is 10.5 Å². The van der Waals surface area contributed by atoms with E-state index in [9.17, 15) is 33.0 Å². The number of hydrogen-bond acceptors (Lipinski definition) is 9. The minimum absolute atomic E-state index is 0.0174. The van der Waals surface area contributed by atoms with Crippen LogP contribution in [0.3, 0.4) is 0 Å². The lowest BCUT2D eigenvalue weighted by Crippen LogP contribution is -2.65. The summed E-state index contributed by atoms with van der Waals surface area (Å²) in [7, 11) is -3.20. The molecule has 0 spiro atoms. The van der Waals surface area contributed by atoms with Gasteiger partial charge in [-0.05, 0) is 36.7 Å². The Labute approximate surface area is 266 Å². The molecule has 2 amide bonds. The van der Waals surface area contributed by atoms with Crippen molar-refractivity contribution in [1.29, 1.82) is 0 Å². The van der Waals surface area contributed by atoms with Gasteiger partial charge >= 0.3 is 5.97 Å². The van der Waals surface area contributed by atoms with E-state index >= 15 is 0 Å². The van der Waals surface area contributed by atoms with Gasteiger partial charge in [-0.15, -0.1) is 0 Å². The van der Waals surface area contributed by atoms with Gasteiger partial charge in [0.1, 0.15) is 12.1 Å².